The van der Waals surface area contributed by atoms with E-state index in [9.17, 15) is 14.7 Å². The van der Waals surface area contributed by atoms with Gasteiger partial charge in [0.25, 0.3) is 5.91 Å². The van der Waals surface area contributed by atoms with E-state index in [1.165, 1.54) is 18.3 Å². The molecule has 1 aromatic heterocycles. The molecule has 0 atom stereocenters. The maximum atomic E-state index is 12.8. The van der Waals surface area contributed by atoms with E-state index < -0.39 is 11.9 Å². The number of hydrogen-bond donors (Lipinski definition) is 2. The average molecular weight is 413 g/mol. The summed E-state index contributed by atoms with van der Waals surface area (Å²) in [6, 6.07) is 8.90. The zero-order valence-corrected chi connectivity index (χ0v) is 17.2. The number of nitrogens with zero attached hydrogens (tertiary/aromatic N) is 2. The van der Waals surface area contributed by atoms with Gasteiger partial charge in [-0.2, -0.15) is 5.11 Å². The zero-order valence-electron chi connectivity index (χ0n) is 16.4. The van der Waals surface area contributed by atoms with Crippen molar-refractivity contribution in [2.45, 2.75) is 39.5 Å². The number of rotatable bonds is 6. The van der Waals surface area contributed by atoms with Crippen molar-refractivity contribution in [1.29, 1.82) is 0 Å². The summed E-state index contributed by atoms with van der Waals surface area (Å²) in [6.07, 6.45) is 3.70. The lowest BCUT2D eigenvalue weighted by Gasteiger charge is -2.12. The van der Waals surface area contributed by atoms with Gasteiger partial charge in [0.05, 0.1) is 17.9 Å². The Morgan fingerprint density at radius 3 is 2.62 bits per heavy atom. The van der Waals surface area contributed by atoms with Crippen molar-refractivity contribution in [1.82, 2.24) is 0 Å². The van der Waals surface area contributed by atoms with Gasteiger partial charge in [-0.25, -0.2) is 4.79 Å². The highest BCUT2D eigenvalue weighted by molar-refractivity contribution is 7.17. The second-order valence-corrected chi connectivity index (χ2v) is 7.66. The highest BCUT2D eigenvalue weighted by atomic mass is 32.1. The van der Waals surface area contributed by atoms with Crippen LogP contribution in [0.4, 0.5) is 10.7 Å². The van der Waals surface area contributed by atoms with Gasteiger partial charge in [0.15, 0.2) is 5.70 Å². The van der Waals surface area contributed by atoms with E-state index in [1.807, 2.05) is 6.07 Å². The van der Waals surface area contributed by atoms with Gasteiger partial charge in [0.2, 0.25) is 0 Å². The van der Waals surface area contributed by atoms with Gasteiger partial charge >= 0.3 is 5.97 Å². The molecular formula is C21H23N3O4S. The molecule has 1 heterocycles. The highest BCUT2D eigenvalue weighted by Gasteiger charge is 2.28. The molecule has 1 amide bonds. The summed E-state index contributed by atoms with van der Waals surface area (Å²) in [5.74, 6) is -1.34. The summed E-state index contributed by atoms with van der Waals surface area (Å²) in [5.41, 5.74) is 1.70. The van der Waals surface area contributed by atoms with Gasteiger partial charge in [-0.3, -0.25) is 4.79 Å². The number of allylic oxidation sites excluding steroid dienone is 1. The number of aliphatic hydroxyl groups excluding tert-OH is 1. The quantitative estimate of drug-likeness (QED) is 0.290. The van der Waals surface area contributed by atoms with Crippen molar-refractivity contribution in [3.8, 4) is 0 Å². The number of azo groups is 1. The summed E-state index contributed by atoms with van der Waals surface area (Å²) < 4.78 is 5.20. The standard InChI is InChI=1S/C21H23N3O4S/c1-3-28-21(27)17-15-11-7-8-12-16(15)29-20(17)22-19(26)18(13(2)25)24-23-14-9-5-4-6-10-14/h4-6,9-10,25H,3,7-8,11-12H2,1-2H3,(H,22,26)/b18-13+,24-23?. The molecule has 1 aromatic carbocycles. The fourth-order valence-corrected chi connectivity index (χ4v) is 4.39. The Hall–Kier alpha value is -3.00. The van der Waals surface area contributed by atoms with E-state index in [0.717, 1.165) is 36.1 Å². The molecule has 0 unspecified atom stereocenters. The van der Waals surface area contributed by atoms with Crippen LogP contribution < -0.4 is 5.32 Å². The normalized spacial score (nSPS) is 14.3. The van der Waals surface area contributed by atoms with Gasteiger partial charge in [-0.05, 0) is 57.2 Å². The van der Waals surface area contributed by atoms with Crippen LogP contribution in [0, 0.1) is 0 Å². The fraction of sp³-hybridized carbons (Fsp3) is 0.333. The minimum atomic E-state index is -0.631. The first-order valence-corrected chi connectivity index (χ1v) is 10.3. The Kier molecular flexibility index (Phi) is 6.77. The topological polar surface area (TPSA) is 100 Å². The first kappa shape index (κ1) is 20.7. The summed E-state index contributed by atoms with van der Waals surface area (Å²) in [6.45, 7) is 3.36. The number of benzene rings is 1. The number of carbonyl (C=O) groups excluding carboxylic acids is 2. The van der Waals surface area contributed by atoms with Crippen LogP contribution in [-0.4, -0.2) is 23.6 Å². The molecular weight excluding hydrogens is 390 g/mol. The molecule has 0 bridgehead atoms. The molecule has 1 aliphatic rings. The van der Waals surface area contributed by atoms with Crippen molar-refractivity contribution < 1.29 is 19.4 Å². The summed E-state index contributed by atoms with van der Waals surface area (Å²) >= 11 is 1.38. The van der Waals surface area contributed by atoms with Gasteiger partial charge in [0, 0.05) is 4.88 Å². The Labute approximate surface area is 173 Å². The lowest BCUT2D eigenvalue weighted by Crippen LogP contribution is -2.17. The summed E-state index contributed by atoms with van der Waals surface area (Å²) in [5, 5.41) is 21.0. The maximum absolute atomic E-state index is 12.8. The Bertz CT molecular complexity index is 960. The Balaban J connectivity index is 1.88. The molecule has 1 aliphatic carbocycles. The Morgan fingerprint density at radius 1 is 1.21 bits per heavy atom. The van der Waals surface area contributed by atoms with E-state index in [1.54, 1.807) is 31.2 Å². The molecule has 0 aliphatic heterocycles. The van der Waals surface area contributed by atoms with Crippen molar-refractivity contribution in [3.63, 3.8) is 0 Å². The molecule has 29 heavy (non-hydrogen) atoms. The first-order chi connectivity index (χ1) is 14.0. The van der Waals surface area contributed by atoms with E-state index in [4.69, 9.17) is 4.74 Å². The molecule has 0 saturated heterocycles. The SMILES string of the molecule is CCOC(=O)c1c(NC(=O)/C(N=Nc2ccccc2)=C(/C)O)sc2c1CCCC2. The molecule has 0 radical (unpaired) electrons. The maximum Gasteiger partial charge on any atom is 0.341 e. The summed E-state index contributed by atoms with van der Waals surface area (Å²) in [7, 11) is 0. The van der Waals surface area contributed by atoms with Crippen LogP contribution in [0.5, 0.6) is 0 Å². The number of esters is 1. The van der Waals surface area contributed by atoms with Crippen LogP contribution in [0.3, 0.4) is 0 Å². The first-order valence-electron chi connectivity index (χ1n) is 9.51. The minimum Gasteiger partial charge on any atom is -0.510 e. The molecule has 2 N–H and O–H groups in total. The second kappa shape index (κ2) is 9.47. The molecule has 152 valence electrons. The van der Waals surface area contributed by atoms with Crippen LogP contribution in [0.25, 0.3) is 0 Å². The number of carbonyl (C=O) groups is 2. The molecule has 0 spiro atoms. The van der Waals surface area contributed by atoms with Crippen LogP contribution >= 0.6 is 11.3 Å². The van der Waals surface area contributed by atoms with E-state index in [0.29, 0.717) is 16.3 Å². The molecule has 0 saturated carbocycles. The molecule has 8 heteroatoms. The smallest absolute Gasteiger partial charge is 0.341 e. The Morgan fingerprint density at radius 2 is 1.93 bits per heavy atom. The van der Waals surface area contributed by atoms with Crippen molar-refractivity contribution in [2.75, 3.05) is 11.9 Å². The molecule has 2 aromatic rings. The van der Waals surface area contributed by atoms with E-state index >= 15 is 0 Å². The summed E-state index contributed by atoms with van der Waals surface area (Å²) in [4.78, 5) is 26.4. The average Bonchev–Trinajstić information content (AvgIpc) is 3.06. The lowest BCUT2D eigenvalue weighted by atomic mass is 9.95. The number of ether oxygens (including phenoxy) is 1. The number of thiophene rings is 1. The van der Waals surface area contributed by atoms with Crippen molar-refractivity contribution >= 4 is 33.9 Å². The molecule has 3 rings (SSSR count). The fourth-order valence-electron chi connectivity index (χ4n) is 3.12. The van der Waals surface area contributed by atoms with Crippen LogP contribution in [0.2, 0.25) is 0 Å². The van der Waals surface area contributed by atoms with Gasteiger partial charge in [0.1, 0.15) is 10.8 Å². The number of anilines is 1. The molecule has 7 nitrogen and oxygen atoms in total. The van der Waals surface area contributed by atoms with Gasteiger partial charge in [-0.1, -0.05) is 18.2 Å². The number of amides is 1. The molecule has 0 fully saturated rings. The third kappa shape index (κ3) is 4.89. The minimum absolute atomic E-state index is 0.213. The van der Waals surface area contributed by atoms with Crippen molar-refractivity contribution in [3.05, 3.63) is 57.8 Å². The zero-order chi connectivity index (χ0) is 20.8. The van der Waals surface area contributed by atoms with Gasteiger partial charge < -0.3 is 15.2 Å². The number of aliphatic hydroxyl groups is 1. The predicted molar refractivity (Wildman–Crippen MR) is 112 cm³/mol. The third-order valence-electron chi connectivity index (χ3n) is 4.46. The number of hydrogen-bond acceptors (Lipinski definition) is 7. The predicted octanol–water partition coefficient (Wildman–Crippen LogP) is 5.32. The number of aryl methyl sites for hydroxylation is 1. The lowest BCUT2D eigenvalue weighted by molar-refractivity contribution is -0.113. The van der Waals surface area contributed by atoms with Crippen molar-refractivity contribution in [2.24, 2.45) is 10.2 Å². The number of fused-ring (bicyclic) bond motifs is 1. The van der Waals surface area contributed by atoms with E-state index in [2.05, 4.69) is 15.5 Å². The monoisotopic (exact) mass is 413 g/mol. The third-order valence-corrected chi connectivity index (χ3v) is 5.66. The van der Waals surface area contributed by atoms with Crippen LogP contribution in [0.1, 0.15) is 47.5 Å². The van der Waals surface area contributed by atoms with Crippen LogP contribution in [-0.2, 0) is 22.4 Å². The van der Waals surface area contributed by atoms with Gasteiger partial charge in [-0.15, -0.1) is 16.5 Å². The van der Waals surface area contributed by atoms with E-state index in [-0.39, 0.29) is 18.1 Å². The second-order valence-electron chi connectivity index (χ2n) is 6.56. The van der Waals surface area contributed by atoms with Crippen LogP contribution in [0.15, 0.2) is 52.0 Å². The number of nitrogens with one attached hydrogen (secondary N) is 1. The largest absolute Gasteiger partial charge is 0.510 e. The highest BCUT2D eigenvalue weighted by Crippen LogP contribution is 2.39.